The highest BCUT2D eigenvalue weighted by Crippen LogP contribution is 2.22. The van der Waals surface area contributed by atoms with Crippen molar-refractivity contribution in [1.29, 1.82) is 0 Å². The Kier molecular flexibility index (Phi) is 2.50. The zero-order chi connectivity index (χ0) is 9.97. The van der Waals surface area contributed by atoms with Crippen LogP contribution in [0.15, 0.2) is 24.3 Å². The Bertz CT molecular complexity index is 374. The lowest BCUT2D eigenvalue weighted by molar-refractivity contribution is 0.164. The smallest absolute Gasteiger partial charge is 0.146 e. The van der Waals surface area contributed by atoms with Gasteiger partial charge in [0.2, 0.25) is 0 Å². The summed E-state index contributed by atoms with van der Waals surface area (Å²) in [6.45, 7) is 1.35. The molecule has 1 aliphatic heterocycles. The van der Waals surface area contributed by atoms with Crippen molar-refractivity contribution in [3.63, 3.8) is 0 Å². The molecule has 1 heterocycles. The first-order chi connectivity index (χ1) is 6.77. The molecule has 0 saturated carbocycles. The second-order valence-corrected chi connectivity index (χ2v) is 3.31. The Balaban J connectivity index is 2.32. The molecule has 0 amide bonds. The highest BCUT2D eigenvalue weighted by Gasteiger charge is 2.07. The van der Waals surface area contributed by atoms with Crippen LogP contribution in [-0.4, -0.2) is 13.2 Å². The Morgan fingerprint density at radius 2 is 2.21 bits per heavy atom. The third kappa shape index (κ3) is 1.77. The molecular formula is C11H12FNO. The van der Waals surface area contributed by atoms with Crippen molar-refractivity contribution >= 4 is 11.3 Å². The van der Waals surface area contributed by atoms with E-state index in [0.29, 0.717) is 6.61 Å². The van der Waals surface area contributed by atoms with Crippen LogP contribution in [0.25, 0.3) is 5.57 Å². The lowest BCUT2D eigenvalue weighted by Crippen LogP contribution is -2.05. The topological polar surface area (TPSA) is 35.2 Å². The van der Waals surface area contributed by atoms with Crippen molar-refractivity contribution in [2.24, 2.45) is 0 Å². The first-order valence-electron chi connectivity index (χ1n) is 4.59. The number of nitrogens with two attached hydrogens (primary N) is 1. The van der Waals surface area contributed by atoms with Gasteiger partial charge < -0.3 is 10.5 Å². The van der Waals surface area contributed by atoms with Gasteiger partial charge >= 0.3 is 0 Å². The van der Waals surface area contributed by atoms with Gasteiger partial charge in [0.1, 0.15) is 5.82 Å². The van der Waals surface area contributed by atoms with Crippen molar-refractivity contribution in [2.45, 2.75) is 6.42 Å². The molecule has 0 saturated heterocycles. The summed E-state index contributed by atoms with van der Waals surface area (Å²) in [7, 11) is 0. The van der Waals surface area contributed by atoms with Crippen LogP contribution in [0.5, 0.6) is 0 Å². The van der Waals surface area contributed by atoms with E-state index in [1.54, 1.807) is 12.1 Å². The average molecular weight is 193 g/mol. The van der Waals surface area contributed by atoms with Crippen LogP contribution < -0.4 is 5.73 Å². The van der Waals surface area contributed by atoms with E-state index in [2.05, 4.69) is 6.08 Å². The molecule has 0 spiro atoms. The number of ether oxygens (including phenoxy) is 1. The highest BCUT2D eigenvalue weighted by molar-refractivity contribution is 5.69. The van der Waals surface area contributed by atoms with Crippen LogP contribution in [0, 0.1) is 5.82 Å². The molecule has 0 unspecified atom stereocenters. The lowest BCUT2D eigenvalue weighted by Gasteiger charge is -2.14. The summed E-state index contributed by atoms with van der Waals surface area (Å²) in [6.07, 6.45) is 3.02. The first kappa shape index (κ1) is 9.21. The molecule has 2 rings (SSSR count). The normalized spacial score (nSPS) is 16.5. The molecule has 0 atom stereocenters. The van der Waals surface area contributed by atoms with E-state index < -0.39 is 0 Å². The number of halogens is 1. The molecule has 1 aliphatic rings. The second kappa shape index (κ2) is 3.80. The van der Waals surface area contributed by atoms with Crippen LogP contribution in [0.3, 0.4) is 0 Å². The van der Waals surface area contributed by atoms with Crippen molar-refractivity contribution in [2.75, 3.05) is 18.9 Å². The van der Waals surface area contributed by atoms with Gasteiger partial charge in [-0.2, -0.15) is 0 Å². The van der Waals surface area contributed by atoms with Crippen LogP contribution in [0.2, 0.25) is 0 Å². The number of hydrogen-bond acceptors (Lipinski definition) is 2. The molecule has 14 heavy (non-hydrogen) atoms. The zero-order valence-electron chi connectivity index (χ0n) is 7.79. The summed E-state index contributed by atoms with van der Waals surface area (Å²) in [4.78, 5) is 0. The number of nitrogen functional groups attached to an aromatic ring is 1. The Morgan fingerprint density at radius 3 is 2.86 bits per heavy atom. The summed E-state index contributed by atoms with van der Waals surface area (Å²) >= 11 is 0. The van der Waals surface area contributed by atoms with Crippen molar-refractivity contribution in [3.8, 4) is 0 Å². The maximum Gasteiger partial charge on any atom is 0.146 e. The van der Waals surface area contributed by atoms with E-state index in [9.17, 15) is 4.39 Å². The molecule has 0 aliphatic carbocycles. The molecule has 2 N–H and O–H groups in total. The van der Waals surface area contributed by atoms with Crippen LogP contribution in [0.4, 0.5) is 10.1 Å². The number of rotatable bonds is 1. The van der Waals surface area contributed by atoms with Gasteiger partial charge in [0.15, 0.2) is 0 Å². The summed E-state index contributed by atoms with van der Waals surface area (Å²) in [5.74, 6) is -0.369. The predicted molar refractivity (Wildman–Crippen MR) is 54.2 cm³/mol. The largest absolute Gasteiger partial charge is 0.396 e. The summed E-state index contributed by atoms with van der Waals surface area (Å²) in [5.41, 5.74) is 7.71. The van der Waals surface area contributed by atoms with Crippen molar-refractivity contribution in [1.82, 2.24) is 0 Å². The quantitative estimate of drug-likeness (QED) is 0.694. The Labute approximate surface area is 82.2 Å². The molecule has 0 aromatic heterocycles. The molecular weight excluding hydrogens is 181 g/mol. The maximum atomic E-state index is 12.9. The number of hydrogen-bond donors (Lipinski definition) is 1. The highest BCUT2D eigenvalue weighted by atomic mass is 19.1. The second-order valence-electron chi connectivity index (χ2n) is 3.31. The van der Waals surface area contributed by atoms with Gasteiger partial charge in [0.05, 0.1) is 18.9 Å². The number of benzene rings is 1. The standard InChI is InChI=1S/C11H12FNO/c12-10-4-3-8(6-11(10)13)9-2-1-5-14-7-9/h2-4,6H,1,5,7,13H2. The number of anilines is 1. The minimum atomic E-state index is -0.369. The van der Waals surface area contributed by atoms with Crippen molar-refractivity contribution in [3.05, 3.63) is 35.7 Å². The molecule has 0 radical (unpaired) electrons. The SMILES string of the molecule is Nc1cc(C2=CCCOC2)ccc1F. The third-order valence-corrected chi connectivity index (χ3v) is 2.28. The summed E-state index contributed by atoms with van der Waals surface area (Å²) in [6, 6.07) is 4.77. The van der Waals surface area contributed by atoms with E-state index in [1.165, 1.54) is 6.07 Å². The van der Waals surface area contributed by atoms with Gasteiger partial charge in [-0.25, -0.2) is 4.39 Å². The lowest BCUT2D eigenvalue weighted by atomic mass is 10.0. The van der Waals surface area contributed by atoms with Gasteiger partial charge in [-0.05, 0) is 29.7 Å². The fourth-order valence-corrected chi connectivity index (χ4v) is 1.50. The van der Waals surface area contributed by atoms with E-state index in [0.717, 1.165) is 24.2 Å². The minimum absolute atomic E-state index is 0.189. The maximum absolute atomic E-state index is 12.9. The van der Waals surface area contributed by atoms with Crippen LogP contribution >= 0.6 is 0 Å². The average Bonchev–Trinajstić information content (AvgIpc) is 2.23. The van der Waals surface area contributed by atoms with Gasteiger partial charge in [-0.3, -0.25) is 0 Å². The molecule has 0 bridgehead atoms. The molecule has 74 valence electrons. The van der Waals surface area contributed by atoms with E-state index in [-0.39, 0.29) is 11.5 Å². The Morgan fingerprint density at radius 1 is 1.36 bits per heavy atom. The van der Waals surface area contributed by atoms with E-state index in [4.69, 9.17) is 10.5 Å². The van der Waals surface area contributed by atoms with E-state index in [1.807, 2.05) is 0 Å². The zero-order valence-corrected chi connectivity index (χ0v) is 7.79. The fourth-order valence-electron chi connectivity index (χ4n) is 1.50. The molecule has 1 aromatic rings. The first-order valence-corrected chi connectivity index (χ1v) is 4.59. The van der Waals surface area contributed by atoms with Crippen molar-refractivity contribution < 1.29 is 9.13 Å². The third-order valence-electron chi connectivity index (χ3n) is 2.28. The summed E-state index contributed by atoms with van der Waals surface area (Å²) in [5, 5.41) is 0. The van der Waals surface area contributed by atoms with Gasteiger partial charge in [0.25, 0.3) is 0 Å². The van der Waals surface area contributed by atoms with Crippen LogP contribution in [0.1, 0.15) is 12.0 Å². The molecule has 0 fully saturated rings. The van der Waals surface area contributed by atoms with Gasteiger partial charge in [-0.15, -0.1) is 0 Å². The molecule has 3 heteroatoms. The monoisotopic (exact) mass is 193 g/mol. The predicted octanol–water partition coefficient (Wildman–Crippen LogP) is 2.21. The fraction of sp³-hybridized carbons (Fsp3) is 0.273. The summed E-state index contributed by atoms with van der Waals surface area (Å²) < 4.78 is 18.2. The van der Waals surface area contributed by atoms with Crippen LogP contribution in [-0.2, 0) is 4.74 Å². The van der Waals surface area contributed by atoms with Gasteiger partial charge in [-0.1, -0.05) is 12.1 Å². The molecule has 2 nitrogen and oxygen atoms in total. The van der Waals surface area contributed by atoms with Gasteiger partial charge in [0, 0.05) is 0 Å². The molecule has 1 aromatic carbocycles. The van der Waals surface area contributed by atoms with E-state index >= 15 is 0 Å². The Hall–Kier alpha value is -1.35. The minimum Gasteiger partial charge on any atom is -0.396 e.